The van der Waals surface area contributed by atoms with Crippen molar-refractivity contribution in [2.75, 3.05) is 5.32 Å². The predicted molar refractivity (Wildman–Crippen MR) is 101 cm³/mol. The van der Waals surface area contributed by atoms with Gasteiger partial charge in [0.25, 0.3) is 23.2 Å². The number of hydrogen-bond donors (Lipinski definition) is 2. The average Bonchev–Trinajstić information content (AvgIpc) is 2.61. The molecule has 0 radical (unpaired) electrons. The SMILES string of the molecule is Cc1c(C(=O)Nc2ccccc2C(=O)NC(C)C)cc([N+](=O)[O-])cc1[N+](=O)[O-]. The average molecular weight is 386 g/mol. The minimum absolute atomic E-state index is 0.0165. The standard InChI is InChI=1S/C18H18N4O6/c1-10(2)19-17(23)13-6-4-5-7-15(13)20-18(24)14-8-12(21(25)26)9-16(11(14)3)22(27)28/h4-10H,1-3H3,(H,19,23)(H,20,24). The van der Waals surface area contributed by atoms with Gasteiger partial charge in [0.1, 0.15) is 0 Å². The molecule has 2 N–H and O–H groups in total. The van der Waals surface area contributed by atoms with Crippen LogP contribution in [0.1, 0.15) is 40.1 Å². The molecular weight excluding hydrogens is 368 g/mol. The van der Waals surface area contributed by atoms with E-state index in [0.717, 1.165) is 12.1 Å². The number of nitrogens with one attached hydrogen (secondary N) is 2. The molecule has 0 unspecified atom stereocenters. The third kappa shape index (κ3) is 4.47. The molecular formula is C18H18N4O6. The maximum Gasteiger partial charge on any atom is 0.279 e. The van der Waals surface area contributed by atoms with Gasteiger partial charge >= 0.3 is 0 Å². The number of rotatable bonds is 6. The van der Waals surface area contributed by atoms with Crippen molar-refractivity contribution in [2.45, 2.75) is 26.8 Å². The van der Waals surface area contributed by atoms with Crippen molar-refractivity contribution in [1.82, 2.24) is 5.32 Å². The van der Waals surface area contributed by atoms with Crippen molar-refractivity contribution < 1.29 is 19.4 Å². The molecule has 2 amide bonds. The minimum atomic E-state index is -0.812. The second-order valence-electron chi connectivity index (χ2n) is 6.28. The Balaban J connectivity index is 2.45. The van der Waals surface area contributed by atoms with Crippen LogP contribution in [0.25, 0.3) is 0 Å². The molecule has 0 saturated carbocycles. The van der Waals surface area contributed by atoms with Crippen LogP contribution in [0.3, 0.4) is 0 Å². The van der Waals surface area contributed by atoms with Crippen molar-refractivity contribution in [3.8, 4) is 0 Å². The van der Waals surface area contributed by atoms with Crippen molar-refractivity contribution in [3.05, 3.63) is 73.3 Å². The molecule has 0 aliphatic rings. The first-order chi connectivity index (χ1) is 13.1. The first kappa shape index (κ1) is 20.5. The molecule has 146 valence electrons. The van der Waals surface area contributed by atoms with Crippen molar-refractivity contribution >= 4 is 28.9 Å². The van der Waals surface area contributed by atoms with Crippen LogP contribution in [-0.2, 0) is 0 Å². The van der Waals surface area contributed by atoms with Crippen LogP contribution >= 0.6 is 0 Å². The third-order valence-corrected chi connectivity index (χ3v) is 3.86. The number of carbonyl (C=O) groups is 2. The minimum Gasteiger partial charge on any atom is -0.350 e. The van der Waals surface area contributed by atoms with Gasteiger partial charge in [-0.15, -0.1) is 0 Å². The number of hydrogen-bond acceptors (Lipinski definition) is 6. The van der Waals surface area contributed by atoms with Crippen LogP contribution in [-0.4, -0.2) is 27.7 Å². The van der Waals surface area contributed by atoms with E-state index in [1.54, 1.807) is 26.0 Å². The quantitative estimate of drug-likeness (QED) is 0.576. The number of anilines is 1. The van der Waals surface area contributed by atoms with Gasteiger partial charge in [-0.1, -0.05) is 12.1 Å². The van der Waals surface area contributed by atoms with Gasteiger partial charge < -0.3 is 10.6 Å². The molecule has 10 heteroatoms. The van der Waals surface area contributed by atoms with E-state index in [4.69, 9.17) is 0 Å². The van der Waals surface area contributed by atoms with Gasteiger partial charge in [-0.25, -0.2) is 0 Å². The topological polar surface area (TPSA) is 144 Å². The van der Waals surface area contributed by atoms with Crippen LogP contribution in [0.5, 0.6) is 0 Å². The normalized spacial score (nSPS) is 10.4. The first-order valence-corrected chi connectivity index (χ1v) is 8.26. The van der Waals surface area contributed by atoms with Crippen LogP contribution in [0.4, 0.5) is 17.1 Å². The Morgan fingerprint density at radius 2 is 1.61 bits per heavy atom. The summed E-state index contributed by atoms with van der Waals surface area (Å²) in [6.07, 6.45) is 0. The van der Waals surface area contributed by atoms with Crippen molar-refractivity contribution in [3.63, 3.8) is 0 Å². The van der Waals surface area contributed by atoms with Gasteiger partial charge in [-0.3, -0.25) is 29.8 Å². The Hall–Kier alpha value is -3.82. The zero-order valence-corrected chi connectivity index (χ0v) is 15.4. The number of benzene rings is 2. The van der Waals surface area contributed by atoms with E-state index < -0.39 is 33.0 Å². The molecule has 0 atom stereocenters. The summed E-state index contributed by atoms with van der Waals surface area (Å²) in [7, 11) is 0. The Labute approximate surface area is 159 Å². The zero-order chi connectivity index (χ0) is 21.0. The van der Waals surface area contributed by atoms with E-state index in [0.29, 0.717) is 0 Å². The first-order valence-electron chi connectivity index (χ1n) is 8.26. The Kier molecular flexibility index (Phi) is 6.04. The number of para-hydroxylation sites is 1. The highest BCUT2D eigenvalue weighted by Crippen LogP contribution is 2.29. The van der Waals surface area contributed by atoms with Gasteiger partial charge in [-0.05, 0) is 32.9 Å². The summed E-state index contributed by atoms with van der Waals surface area (Å²) in [5, 5.41) is 27.5. The number of nitro groups is 2. The summed E-state index contributed by atoms with van der Waals surface area (Å²) in [4.78, 5) is 45.6. The van der Waals surface area contributed by atoms with Gasteiger partial charge in [0, 0.05) is 17.7 Å². The molecule has 0 heterocycles. The largest absolute Gasteiger partial charge is 0.350 e. The molecule has 0 fully saturated rings. The van der Waals surface area contributed by atoms with Crippen molar-refractivity contribution in [2.24, 2.45) is 0 Å². The second-order valence-corrected chi connectivity index (χ2v) is 6.28. The Bertz CT molecular complexity index is 971. The van der Waals surface area contributed by atoms with Gasteiger partial charge in [0.2, 0.25) is 0 Å². The second kappa shape index (κ2) is 8.25. The third-order valence-electron chi connectivity index (χ3n) is 3.86. The molecule has 10 nitrogen and oxygen atoms in total. The highest BCUT2D eigenvalue weighted by molar-refractivity contribution is 6.10. The number of nitro benzene ring substituents is 2. The fourth-order valence-electron chi connectivity index (χ4n) is 2.53. The summed E-state index contributed by atoms with van der Waals surface area (Å²) >= 11 is 0. The number of amides is 2. The lowest BCUT2D eigenvalue weighted by Gasteiger charge is -2.14. The van der Waals surface area contributed by atoms with E-state index in [1.807, 2.05) is 0 Å². The fourth-order valence-corrected chi connectivity index (χ4v) is 2.53. The monoisotopic (exact) mass is 386 g/mol. The highest BCUT2D eigenvalue weighted by atomic mass is 16.6. The maximum atomic E-state index is 12.7. The van der Waals surface area contributed by atoms with E-state index in [1.165, 1.54) is 19.1 Å². The highest BCUT2D eigenvalue weighted by Gasteiger charge is 2.25. The predicted octanol–water partition coefficient (Wildman–Crippen LogP) is 3.20. The number of non-ortho nitro benzene ring substituents is 1. The summed E-state index contributed by atoms with van der Waals surface area (Å²) in [5.41, 5.74) is -0.975. The van der Waals surface area contributed by atoms with E-state index in [9.17, 15) is 29.8 Å². The summed E-state index contributed by atoms with van der Waals surface area (Å²) in [6, 6.07) is 7.87. The van der Waals surface area contributed by atoms with Crippen molar-refractivity contribution in [1.29, 1.82) is 0 Å². The summed E-state index contributed by atoms with van der Waals surface area (Å²) in [5.74, 6) is -1.21. The molecule has 2 rings (SSSR count). The number of carbonyl (C=O) groups excluding carboxylic acids is 2. The molecule has 0 saturated heterocycles. The molecule has 0 spiro atoms. The zero-order valence-electron chi connectivity index (χ0n) is 15.4. The van der Waals surface area contributed by atoms with Crippen LogP contribution in [0, 0.1) is 27.2 Å². The molecule has 0 aliphatic heterocycles. The molecule has 2 aromatic carbocycles. The molecule has 0 bridgehead atoms. The fraction of sp³-hybridized carbons (Fsp3) is 0.222. The van der Waals surface area contributed by atoms with Crippen LogP contribution in [0.2, 0.25) is 0 Å². The molecule has 0 aliphatic carbocycles. The van der Waals surface area contributed by atoms with Gasteiger partial charge in [0.15, 0.2) is 0 Å². The van der Waals surface area contributed by atoms with Gasteiger partial charge in [0.05, 0.1) is 32.7 Å². The summed E-state index contributed by atoms with van der Waals surface area (Å²) < 4.78 is 0. The molecule has 0 aromatic heterocycles. The Morgan fingerprint density at radius 1 is 0.964 bits per heavy atom. The van der Waals surface area contributed by atoms with Crippen LogP contribution in [0.15, 0.2) is 36.4 Å². The molecule has 28 heavy (non-hydrogen) atoms. The van der Waals surface area contributed by atoms with Crippen LogP contribution < -0.4 is 10.6 Å². The van der Waals surface area contributed by atoms with E-state index in [2.05, 4.69) is 10.6 Å². The Morgan fingerprint density at radius 3 is 2.18 bits per heavy atom. The number of nitrogens with zero attached hydrogens (tertiary/aromatic N) is 2. The maximum absolute atomic E-state index is 12.7. The van der Waals surface area contributed by atoms with Gasteiger partial charge in [-0.2, -0.15) is 0 Å². The lowest BCUT2D eigenvalue weighted by molar-refractivity contribution is -0.394. The lowest BCUT2D eigenvalue weighted by atomic mass is 10.0. The summed E-state index contributed by atoms with van der Waals surface area (Å²) in [6.45, 7) is 4.89. The van der Waals surface area contributed by atoms with E-state index >= 15 is 0 Å². The van der Waals surface area contributed by atoms with E-state index in [-0.39, 0.29) is 28.4 Å². The molecule has 2 aromatic rings. The lowest BCUT2D eigenvalue weighted by Crippen LogP contribution is -2.31. The smallest absolute Gasteiger partial charge is 0.279 e.